The van der Waals surface area contributed by atoms with Crippen molar-refractivity contribution < 1.29 is 24.7 Å². The Hall–Kier alpha value is -3.39. The molecule has 0 radical (unpaired) electrons. The number of nitrogens with zero attached hydrogens (tertiary/aromatic N) is 4. The van der Waals surface area contributed by atoms with Crippen LogP contribution in [0.25, 0.3) is 6.08 Å². The number of nitrogens with two attached hydrogens (primary N) is 1. The maximum Gasteiger partial charge on any atom is 0.276 e. The van der Waals surface area contributed by atoms with Gasteiger partial charge in [-0.3, -0.25) is 19.0 Å². The molecule has 0 spiro atoms. The summed E-state index contributed by atoms with van der Waals surface area (Å²) in [5.74, 6) is -2.57. The van der Waals surface area contributed by atoms with Gasteiger partial charge >= 0.3 is 0 Å². The molecule has 3 aliphatic heterocycles. The summed E-state index contributed by atoms with van der Waals surface area (Å²) in [6.07, 6.45) is 3.87. The van der Waals surface area contributed by atoms with Gasteiger partial charge in [0.1, 0.15) is 35.5 Å². The molecule has 36 heavy (non-hydrogen) atoms. The number of aliphatic carboxylic acids is 1. The van der Waals surface area contributed by atoms with Gasteiger partial charge in [-0.2, -0.15) is 0 Å². The van der Waals surface area contributed by atoms with E-state index < -0.39 is 34.9 Å². The zero-order valence-electron chi connectivity index (χ0n) is 18.7. The number of β-lactam (4-membered cyclic amide) rings is 1. The summed E-state index contributed by atoms with van der Waals surface area (Å²) in [5.41, 5.74) is 7.48. The van der Waals surface area contributed by atoms with Crippen LogP contribution in [0, 0.1) is 0 Å². The molecule has 0 aliphatic carbocycles. The molecule has 1 unspecified atom stereocenters. The number of carboxylic acid groups (broad SMARTS) is 1. The predicted molar refractivity (Wildman–Crippen MR) is 135 cm³/mol. The Bertz CT molecular complexity index is 1400. The normalized spacial score (nSPS) is 24.9. The van der Waals surface area contributed by atoms with E-state index in [1.807, 2.05) is 31.5 Å². The first kappa shape index (κ1) is 24.3. The molecule has 5 rings (SSSR count). The Morgan fingerprint density at radius 3 is 2.89 bits per heavy atom. The van der Waals surface area contributed by atoms with E-state index >= 15 is 0 Å². The first-order valence-corrected chi connectivity index (χ1v) is 12.9. The maximum atomic E-state index is 13.0. The van der Waals surface area contributed by atoms with Gasteiger partial charge in [0.05, 0.1) is 18.7 Å². The van der Waals surface area contributed by atoms with Crippen LogP contribution in [0.4, 0.5) is 10.8 Å². The number of nitrogen functional groups attached to an aromatic ring is 1. The fraction of sp³-hybridized carbons (Fsp3) is 0.227. The summed E-state index contributed by atoms with van der Waals surface area (Å²) in [7, 11) is 1.94. The SMILES string of the molecule is C[N+]1(CC2=C(C(=O)[O-])N3C(=O)[C@@H](NC(=O)/C(=N\O)c4csc(N)n4)[C@H]3SC2)C=Cc2cc(Cl)ccc21. The monoisotopic (exact) mass is 546 g/mol. The second-order valence-electron chi connectivity index (χ2n) is 8.56. The summed E-state index contributed by atoms with van der Waals surface area (Å²) >= 11 is 8.49. The Morgan fingerprint density at radius 2 is 2.22 bits per heavy atom. The van der Waals surface area contributed by atoms with E-state index in [1.54, 1.807) is 6.07 Å². The molecule has 4 N–H and O–H groups in total. The van der Waals surface area contributed by atoms with Gasteiger partial charge in [-0.25, -0.2) is 4.98 Å². The zero-order chi connectivity index (χ0) is 25.8. The third kappa shape index (κ3) is 3.93. The van der Waals surface area contributed by atoms with Crippen LogP contribution in [-0.2, 0) is 14.4 Å². The summed E-state index contributed by atoms with van der Waals surface area (Å²) < 4.78 is 0.305. The van der Waals surface area contributed by atoms with Crippen molar-refractivity contribution >= 4 is 75.1 Å². The van der Waals surface area contributed by atoms with Crippen molar-refractivity contribution in [2.24, 2.45) is 5.16 Å². The average Bonchev–Trinajstić information content (AvgIpc) is 3.40. The number of oxime groups is 1. The lowest BCUT2D eigenvalue weighted by molar-refractivity contribution is -0.301. The number of halogens is 1. The highest BCUT2D eigenvalue weighted by molar-refractivity contribution is 8.00. The van der Waals surface area contributed by atoms with E-state index in [0.717, 1.165) is 27.5 Å². The molecule has 3 aliphatic rings. The number of rotatable bonds is 6. The van der Waals surface area contributed by atoms with Gasteiger partial charge in [-0.1, -0.05) is 16.8 Å². The molecule has 0 saturated carbocycles. The highest BCUT2D eigenvalue weighted by Crippen LogP contribution is 2.43. The summed E-state index contributed by atoms with van der Waals surface area (Å²) in [6, 6.07) is 4.50. The second-order valence-corrected chi connectivity index (χ2v) is 11.0. The van der Waals surface area contributed by atoms with E-state index in [-0.39, 0.29) is 16.5 Å². The fourth-order valence-corrected chi connectivity index (χ4v) is 6.66. The molecule has 1 saturated heterocycles. The first-order chi connectivity index (χ1) is 17.1. The second kappa shape index (κ2) is 8.92. The molecule has 14 heteroatoms. The average molecular weight is 547 g/mol. The smallest absolute Gasteiger partial charge is 0.276 e. The highest BCUT2D eigenvalue weighted by atomic mass is 35.5. The van der Waals surface area contributed by atoms with Gasteiger partial charge in [-0.15, -0.1) is 23.1 Å². The molecule has 0 bridgehead atoms. The lowest BCUT2D eigenvalue weighted by atomic mass is 10.0. The Labute approximate surface area is 218 Å². The van der Waals surface area contributed by atoms with E-state index in [9.17, 15) is 24.7 Å². The number of likely N-dealkylation sites (N-methyl/N-ethyl adjacent to an activating group) is 1. The van der Waals surface area contributed by atoms with Crippen molar-refractivity contribution in [3.05, 3.63) is 57.3 Å². The number of thiazole rings is 1. The molecule has 1 aromatic carbocycles. The van der Waals surface area contributed by atoms with Crippen molar-refractivity contribution in [1.82, 2.24) is 19.7 Å². The molecule has 186 valence electrons. The van der Waals surface area contributed by atoms with Crippen LogP contribution in [-0.4, -0.2) is 69.3 Å². The number of fused-ring (bicyclic) bond motifs is 2. The van der Waals surface area contributed by atoms with Crippen LogP contribution in [0.15, 0.2) is 46.2 Å². The molecule has 2 amide bonds. The van der Waals surface area contributed by atoms with Gasteiger partial charge in [0.2, 0.25) is 0 Å². The maximum absolute atomic E-state index is 13.0. The topological polar surface area (TPSA) is 161 Å². The summed E-state index contributed by atoms with van der Waals surface area (Å²) in [5, 5.41) is 28.5. The standard InChI is InChI=1S/C22H19ClN6O5S2/c1-29(5-4-10-6-12(23)2-3-14(10)29)7-11-8-35-20-16(19(31)28(20)17(11)21(32)33)26-18(30)15(27-34)13-9-36-22(24)25-13/h2-6,9,16,20H,7-8H2,1H3,(H4-,24,25,26,30,32,33,34)/t16-,20-,29?/m1/s1. The van der Waals surface area contributed by atoms with Crippen molar-refractivity contribution in [2.45, 2.75) is 11.4 Å². The Balaban J connectivity index is 1.37. The van der Waals surface area contributed by atoms with Gasteiger partial charge in [0.15, 0.2) is 10.8 Å². The molecule has 1 aromatic heterocycles. The molecule has 2 aromatic rings. The van der Waals surface area contributed by atoms with Crippen LogP contribution >= 0.6 is 34.7 Å². The van der Waals surface area contributed by atoms with Crippen LogP contribution < -0.4 is 20.6 Å². The number of amides is 2. The molecule has 1 fully saturated rings. The van der Waals surface area contributed by atoms with Gasteiger partial charge in [0, 0.05) is 39.4 Å². The third-order valence-electron chi connectivity index (χ3n) is 6.25. The molecular weight excluding hydrogens is 528 g/mol. The zero-order valence-corrected chi connectivity index (χ0v) is 21.1. The quantitative estimate of drug-likeness (QED) is 0.156. The number of hydrogen-bond acceptors (Lipinski definition) is 10. The Kier molecular flexibility index (Phi) is 6.03. The van der Waals surface area contributed by atoms with Crippen LogP contribution in [0.2, 0.25) is 5.02 Å². The number of aromatic nitrogens is 1. The van der Waals surface area contributed by atoms with Crippen LogP contribution in [0.1, 0.15) is 11.3 Å². The van der Waals surface area contributed by atoms with E-state index in [2.05, 4.69) is 15.5 Å². The number of carbonyl (C=O) groups is 3. The molecule has 3 atom stereocenters. The number of carbonyl (C=O) groups excluding carboxylic acids is 3. The van der Waals surface area contributed by atoms with Crippen molar-refractivity contribution in [2.75, 3.05) is 25.1 Å². The number of hydrogen-bond donors (Lipinski definition) is 3. The number of benzene rings is 1. The molecule has 11 nitrogen and oxygen atoms in total. The van der Waals surface area contributed by atoms with E-state index in [1.165, 1.54) is 17.1 Å². The first-order valence-electron chi connectivity index (χ1n) is 10.6. The minimum Gasteiger partial charge on any atom is -0.543 e. The van der Waals surface area contributed by atoms with Crippen molar-refractivity contribution in [3.8, 4) is 0 Å². The van der Waals surface area contributed by atoms with Gasteiger partial charge in [-0.05, 0) is 12.1 Å². The van der Waals surface area contributed by atoms with Gasteiger partial charge < -0.3 is 26.2 Å². The van der Waals surface area contributed by atoms with Crippen molar-refractivity contribution in [1.29, 1.82) is 0 Å². The van der Waals surface area contributed by atoms with Crippen LogP contribution in [0.5, 0.6) is 0 Å². The number of thioether (sulfide) groups is 1. The number of quaternary nitrogens is 1. The predicted octanol–water partition coefficient (Wildman–Crippen LogP) is 0.583. The van der Waals surface area contributed by atoms with Crippen LogP contribution in [0.3, 0.4) is 0 Å². The number of nitrogens with one attached hydrogen (secondary N) is 1. The Morgan fingerprint density at radius 1 is 1.44 bits per heavy atom. The lowest BCUT2D eigenvalue weighted by Gasteiger charge is -2.51. The van der Waals surface area contributed by atoms with E-state index in [4.69, 9.17) is 17.3 Å². The summed E-state index contributed by atoms with van der Waals surface area (Å²) in [4.78, 5) is 42.9. The van der Waals surface area contributed by atoms with E-state index in [0.29, 0.717) is 27.4 Å². The minimum atomic E-state index is -1.46. The minimum absolute atomic E-state index is 0.0623. The highest BCUT2D eigenvalue weighted by Gasteiger charge is 2.54. The number of anilines is 1. The summed E-state index contributed by atoms with van der Waals surface area (Å²) in [6.45, 7) is 0.307. The number of carboxylic acids is 1. The lowest BCUT2D eigenvalue weighted by Crippen LogP contribution is -2.71. The molecule has 4 heterocycles. The largest absolute Gasteiger partial charge is 0.543 e. The van der Waals surface area contributed by atoms with Gasteiger partial charge in [0.25, 0.3) is 11.8 Å². The van der Waals surface area contributed by atoms with Crippen molar-refractivity contribution in [3.63, 3.8) is 0 Å². The third-order valence-corrected chi connectivity index (χ3v) is 8.50. The molecular formula is C22H19ClN6O5S2. The fourth-order valence-electron chi connectivity index (χ4n) is 4.60.